The van der Waals surface area contributed by atoms with Gasteiger partial charge in [-0.05, 0) is 48.4 Å². The number of carbonyl (C=O) groups is 2. The molecule has 3 rings (SSSR count). The Labute approximate surface area is 156 Å². The Morgan fingerprint density at radius 1 is 1.32 bits per heavy atom. The zero-order valence-corrected chi connectivity index (χ0v) is 15.8. The van der Waals surface area contributed by atoms with Gasteiger partial charge < -0.3 is 10.1 Å². The number of anilines is 1. The van der Waals surface area contributed by atoms with Gasteiger partial charge in [-0.3, -0.25) is 4.79 Å². The third kappa shape index (κ3) is 4.05. The molecule has 0 saturated carbocycles. The van der Waals surface area contributed by atoms with Crippen LogP contribution in [0.25, 0.3) is 0 Å². The van der Waals surface area contributed by atoms with Crippen LogP contribution in [0.1, 0.15) is 39.7 Å². The first-order valence-electron chi connectivity index (χ1n) is 8.25. The van der Waals surface area contributed by atoms with Gasteiger partial charge in [0.15, 0.2) is 0 Å². The van der Waals surface area contributed by atoms with Gasteiger partial charge in [-0.15, -0.1) is 11.3 Å². The molecule has 6 heteroatoms. The first-order chi connectivity index (χ1) is 12.0. The zero-order chi connectivity index (χ0) is 18.0. The van der Waals surface area contributed by atoms with Crippen LogP contribution in [0, 0.1) is 5.92 Å². The summed E-state index contributed by atoms with van der Waals surface area (Å²) in [7, 11) is 1.37. The van der Waals surface area contributed by atoms with E-state index in [2.05, 4.69) is 12.2 Å². The SMILES string of the molecule is COC(=O)c1c(NC(=O)Cc2ccc(Cl)cc2)sc2c1CC[C@@H](C)C2. The maximum Gasteiger partial charge on any atom is 0.341 e. The number of esters is 1. The predicted molar refractivity (Wildman–Crippen MR) is 101 cm³/mol. The second kappa shape index (κ2) is 7.58. The number of fused-ring (bicyclic) bond motifs is 1. The van der Waals surface area contributed by atoms with Crippen LogP contribution in [0.2, 0.25) is 5.02 Å². The number of nitrogens with one attached hydrogen (secondary N) is 1. The molecule has 132 valence electrons. The summed E-state index contributed by atoms with van der Waals surface area (Å²) in [5.41, 5.74) is 2.44. The molecule has 1 aromatic heterocycles. The molecule has 1 N–H and O–H groups in total. The first-order valence-corrected chi connectivity index (χ1v) is 9.44. The maximum atomic E-state index is 12.4. The lowest BCUT2D eigenvalue weighted by Gasteiger charge is -2.18. The molecule has 0 saturated heterocycles. The highest BCUT2D eigenvalue weighted by atomic mass is 35.5. The maximum absolute atomic E-state index is 12.4. The van der Waals surface area contributed by atoms with Crippen molar-refractivity contribution in [1.29, 1.82) is 0 Å². The van der Waals surface area contributed by atoms with Gasteiger partial charge in [0.2, 0.25) is 5.91 Å². The average Bonchev–Trinajstić information content (AvgIpc) is 2.92. The van der Waals surface area contributed by atoms with Crippen molar-refractivity contribution in [2.75, 3.05) is 12.4 Å². The predicted octanol–water partition coefficient (Wildman–Crippen LogP) is 4.49. The van der Waals surface area contributed by atoms with Crippen molar-refractivity contribution >= 4 is 39.8 Å². The van der Waals surface area contributed by atoms with Gasteiger partial charge in [0, 0.05) is 9.90 Å². The van der Waals surface area contributed by atoms with Gasteiger partial charge in [0.25, 0.3) is 0 Å². The number of amides is 1. The Balaban J connectivity index is 1.82. The fourth-order valence-corrected chi connectivity index (χ4v) is 4.66. The number of benzene rings is 1. The van der Waals surface area contributed by atoms with Crippen molar-refractivity contribution < 1.29 is 14.3 Å². The van der Waals surface area contributed by atoms with E-state index in [-0.39, 0.29) is 18.3 Å². The van der Waals surface area contributed by atoms with Gasteiger partial charge in [0.05, 0.1) is 19.1 Å². The number of halogens is 1. The minimum Gasteiger partial charge on any atom is -0.465 e. The number of methoxy groups -OCH3 is 1. The van der Waals surface area contributed by atoms with Crippen molar-refractivity contribution in [1.82, 2.24) is 0 Å². The highest BCUT2D eigenvalue weighted by Gasteiger charge is 2.28. The van der Waals surface area contributed by atoms with E-state index in [4.69, 9.17) is 16.3 Å². The molecule has 25 heavy (non-hydrogen) atoms. The highest BCUT2D eigenvalue weighted by Crippen LogP contribution is 2.40. The quantitative estimate of drug-likeness (QED) is 0.798. The zero-order valence-electron chi connectivity index (χ0n) is 14.2. The van der Waals surface area contributed by atoms with Gasteiger partial charge >= 0.3 is 5.97 Å². The van der Waals surface area contributed by atoms with E-state index in [1.807, 2.05) is 12.1 Å². The molecule has 1 aliphatic carbocycles. The molecule has 1 heterocycles. The molecule has 2 aromatic rings. The Morgan fingerprint density at radius 2 is 2.04 bits per heavy atom. The highest BCUT2D eigenvalue weighted by molar-refractivity contribution is 7.17. The molecule has 0 unspecified atom stereocenters. The third-order valence-corrected chi connectivity index (χ3v) is 5.85. The molecule has 1 aliphatic rings. The van der Waals surface area contributed by atoms with Crippen LogP contribution in [0.5, 0.6) is 0 Å². The van der Waals surface area contributed by atoms with Crippen LogP contribution in [-0.2, 0) is 28.8 Å². The van der Waals surface area contributed by atoms with Gasteiger partial charge in [0.1, 0.15) is 5.00 Å². The lowest BCUT2D eigenvalue weighted by Crippen LogP contribution is -2.17. The number of ether oxygens (including phenoxy) is 1. The van der Waals surface area contributed by atoms with Crippen molar-refractivity contribution in [3.63, 3.8) is 0 Å². The van der Waals surface area contributed by atoms with E-state index in [1.165, 1.54) is 23.3 Å². The smallest absolute Gasteiger partial charge is 0.341 e. The van der Waals surface area contributed by atoms with Crippen molar-refractivity contribution in [2.45, 2.75) is 32.6 Å². The monoisotopic (exact) mass is 377 g/mol. The number of hydrogen-bond donors (Lipinski definition) is 1. The number of carbonyl (C=O) groups excluding carboxylic acids is 2. The van der Waals surface area contributed by atoms with E-state index in [9.17, 15) is 9.59 Å². The number of hydrogen-bond acceptors (Lipinski definition) is 4. The summed E-state index contributed by atoms with van der Waals surface area (Å²) in [6.45, 7) is 2.21. The molecule has 1 aromatic carbocycles. The summed E-state index contributed by atoms with van der Waals surface area (Å²) in [6, 6.07) is 7.17. The largest absolute Gasteiger partial charge is 0.465 e. The van der Waals surface area contributed by atoms with Crippen LogP contribution < -0.4 is 5.32 Å². The fourth-order valence-electron chi connectivity index (χ4n) is 3.12. The van der Waals surface area contributed by atoms with E-state index in [0.29, 0.717) is 21.5 Å². The lowest BCUT2D eigenvalue weighted by atomic mass is 9.88. The summed E-state index contributed by atoms with van der Waals surface area (Å²) in [6.07, 6.45) is 3.07. The van der Waals surface area contributed by atoms with Crippen LogP contribution in [0.15, 0.2) is 24.3 Å². The summed E-state index contributed by atoms with van der Waals surface area (Å²) in [5.74, 6) is 0.0576. The van der Waals surface area contributed by atoms with E-state index in [1.54, 1.807) is 12.1 Å². The Kier molecular flexibility index (Phi) is 5.45. The van der Waals surface area contributed by atoms with Crippen molar-refractivity contribution in [3.8, 4) is 0 Å². The summed E-state index contributed by atoms with van der Waals surface area (Å²) >= 11 is 7.37. The molecule has 1 amide bonds. The minimum absolute atomic E-state index is 0.154. The van der Waals surface area contributed by atoms with E-state index < -0.39 is 0 Å². The Hall–Kier alpha value is -1.85. The van der Waals surface area contributed by atoms with Crippen LogP contribution >= 0.6 is 22.9 Å². The first kappa shape index (κ1) is 18.0. The Bertz CT molecular complexity index is 798. The molecule has 0 fully saturated rings. The molecular weight excluding hydrogens is 358 g/mol. The van der Waals surface area contributed by atoms with Gasteiger partial charge in [-0.25, -0.2) is 4.79 Å². The van der Waals surface area contributed by atoms with Crippen molar-refractivity contribution in [2.24, 2.45) is 5.92 Å². The van der Waals surface area contributed by atoms with Gasteiger partial charge in [-0.2, -0.15) is 0 Å². The van der Waals surface area contributed by atoms with E-state index in [0.717, 1.165) is 30.4 Å². The standard InChI is InChI=1S/C19H20ClNO3S/c1-11-3-8-14-15(9-11)25-18(17(14)19(23)24-2)21-16(22)10-12-4-6-13(20)7-5-12/h4-7,11H,3,8-10H2,1-2H3,(H,21,22)/t11-/m1/s1. The Morgan fingerprint density at radius 3 is 2.72 bits per heavy atom. The van der Waals surface area contributed by atoms with Gasteiger partial charge in [-0.1, -0.05) is 30.7 Å². The second-order valence-corrected chi connectivity index (χ2v) is 7.94. The number of rotatable bonds is 4. The molecular formula is C19H20ClNO3S. The average molecular weight is 378 g/mol. The lowest BCUT2D eigenvalue weighted by molar-refractivity contribution is -0.115. The minimum atomic E-state index is -0.381. The molecule has 0 radical (unpaired) electrons. The second-order valence-electron chi connectivity index (χ2n) is 6.40. The molecule has 0 spiro atoms. The third-order valence-electron chi connectivity index (χ3n) is 4.43. The number of thiophene rings is 1. The van der Waals surface area contributed by atoms with Crippen molar-refractivity contribution in [3.05, 3.63) is 50.9 Å². The van der Waals surface area contributed by atoms with Crippen LogP contribution in [-0.4, -0.2) is 19.0 Å². The van der Waals surface area contributed by atoms with Crippen LogP contribution in [0.4, 0.5) is 5.00 Å². The topological polar surface area (TPSA) is 55.4 Å². The normalized spacial score (nSPS) is 16.2. The fraction of sp³-hybridized carbons (Fsp3) is 0.368. The molecule has 0 bridgehead atoms. The molecule has 1 atom stereocenters. The molecule has 4 nitrogen and oxygen atoms in total. The summed E-state index contributed by atoms with van der Waals surface area (Å²) in [4.78, 5) is 25.8. The van der Waals surface area contributed by atoms with Crippen LogP contribution in [0.3, 0.4) is 0 Å². The summed E-state index contributed by atoms with van der Waals surface area (Å²) < 4.78 is 4.94. The van der Waals surface area contributed by atoms with E-state index >= 15 is 0 Å². The summed E-state index contributed by atoms with van der Waals surface area (Å²) in [5, 5.41) is 4.14. The molecule has 0 aliphatic heterocycles.